The molecule has 2 rings (SSSR count). The van der Waals surface area contributed by atoms with E-state index in [2.05, 4.69) is 25.6 Å². The van der Waals surface area contributed by atoms with Crippen LogP contribution in [-0.2, 0) is 10.0 Å². The molecule has 2 aromatic rings. The first kappa shape index (κ1) is 14.3. The number of nitrogens with one attached hydrogen (secondary N) is 1. The number of aryl methyl sites for hydroxylation is 1. The van der Waals surface area contributed by atoms with Crippen molar-refractivity contribution in [1.82, 2.24) is 4.98 Å². The lowest BCUT2D eigenvalue weighted by atomic mass is 10.2. The molecule has 1 heterocycles. The molecule has 7 heteroatoms. The largest absolute Gasteiger partial charge is 0.263 e. The molecule has 1 N–H and O–H groups in total. The van der Waals surface area contributed by atoms with Gasteiger partial charge in [-0.3, -0.25) is 4.72 Å². The smallest absolute Gasteiger partial charge is 0.263 e. The van der Waals surface area contributed by atoms with E-state index in [4.69, 9.17) is 11.6 Å². The Morgan fingerprint density at radius 1 is 1.26 bits per heavy atom. The molecule has 100 valence electrons. The fourth-order valence-electron chi connectivity index (χ4n) is 1.57. The molecule has 0 radical (unpaired) electrons. The molecule has 1 aromatic heterocycles. The zero-order chi connectivity index (χ0) is 14.0. The van der Waals surface area contributed by atoms with Gasteiger partial charge in [-0.15, -0.1) is 0 Å². The Hall–Kier alpha value is -1.11. The molecule has 0 amide bonds. The summed E-state index contributed by atoms with van der Waals surface area (Å²) in [6.45, 7) is 1.69. The maximum atomic E-state index is 12.2. The van der Waals surface area contributed by atoms with Crippen LogP contribution in [0.25, 0.3) is 0 Å². The molecule has 0 aliphatic carbocycles. The Morgan fingerprint density at radius 3 is 2.63 bits per heavy atom. The molecule has 0 fully saturated rings. The first-order valence-corrected chi connectivity index (χ1v) is 7.95. The van der Waals surface area contributed by atoms with Crippen LogP contribution in [0.3, 0.4) is 0 Å². The van der Waals surface area contributed by atoms with Gasteiger partial charge in [0.2, 0.25) is 0 Å². The van der Waals surface area contributed by atoms with E-state index in [1.165, 1.54) is 12.1 Å². The van der Waals surface area contributed by atoms with Gasteiger partial charge in [0.1, 0.15) is 10.4 Å². The Bertz CT molecular complexity index is 719. The summed E-state index contributed by atoms with van der Waals surface area (Å²) in [5.74, 6) is 0.253. The molecular weight excluding hydrogens is 352 g/mol. The minimum atomic E-state index is -3.67. The first-order valence-electron chi connectivity index (χ1n) is 5.30. The average Bonchev–Trinajstić information content (AvgIpc) is 2.27. The van der Waals surface area contributed by atoms with Gasteiger partial charge in [0, 0.05) is 5.02 Å². The first-order chi connectivity index (χ1) is 8.88. The molecule has 0 aliphatic rings. The lowest BCUT2D eigenvalue weighted by molar-refractivity contribution is 0.600. The minimum absolute atomic E-state index is 0.179. The summed E-state index contributed by atoms with van der Waals surface area (Å²) >= 11 is 9.00. The van der Waals surface area contributed by atoms with Crippen molar-refractivity contribution < 1.29 is 8.42 Å². The molecule has 19 heavy (non-hydrogen) atoms. The van der Waals surface area contributed by atoms with Gasteiger partial charge in [-0.25, -0.2) is 13.4 Å². The van der Waals surface area contributed by atoms with Crippen LogP contribution in [-0.4, -0.2) is 13.4 Å². The van der Waals surface area contributed by atoms with Gasteiger partial charge in [-0.1, -0.05) is 17.7 Å². The minimum Gasteiger partial charge on any atom is -0.263 e. The second-order valence-electron chi connectivity index (χ2n) is 3.86. The SMILES string of the molecule is Cc1cc(Cl)ccc1S(=O)(=O)Nc1cccc(Br)n1. The number of hydrogen-bond donors (Lipinski definition) is 1. The summed E-state index contributed by atoms with van der Waals surface area (Å²) in [7, 11) is -3.67. The number of anilines is 1. The van der Waals surface area contributed by atoms with Crippen LogP contribution in [0.15, 0.2) is 45.9 Å². The van der Waals surface area contributed by atoms with E-state index in [1.807, 2.05) is 0 Å². The Labute approximate surface area is 125 Å². The van der Waals surface area contributed by atoms with E-state index in [0.29, 0.717) is 15.2 Å². The summed E-state index contributed by atoms with van der Waals surface area (Å²) in [6, 6.07) is 9.60. The number of benzene rings is 1. The number of nitrogens with zero attached hydrogens (tertiary/aromatic N) is 1. The standard InChI is InChI=1S/C12H10BrClN2O2S/c1-8-7-9(14)5-6-10(8)19(17,18)16-12-4-2-3-11(13)15-12/h2-7H,1H3,(H,15,16). The number of aromatic nitrogens is 1. The highest BCUT2D eigenvalue weighted by atomic mass is 79.9. The molecule has 0 aliphatic heterocycles. The highest BCUT2D eigenvalue weighted by Crippen LogP contribution is 2.22. The quantitative estimate of drug-likeness (QED) is 0.850. The summed E-state index contributed by atoms with van der Waals surface area (Å²) in [5.41, 5.74) is 0.579. The summed E-state index contributed by atoms with van der Waals surface area (Å²) in [4.78, 5) is 4.21. The third-order valence-corrected chi connectivity index (χ3v) is 4.57. The second-order valence-corrected chi connectivity index (χ2v) is 6.76. The number of hydrogen-bond acceptors (Lipinski definition) is 3. The Morgan fingerprint density at radius 2 is 2.00 bits per heavy atom. The van der Waals surface area contributed by atoms with Gasteiger partial charge in [-0.2, -0.15) is 0 Å². The maximum Gasteiger partial charge on any atom is 0.263 e. The molecule has 0 atom stereocenters. The third-order valence-electron chi connectivity index (χ3n) is 2.38. The van der Waals surface area contributed by atoms with Gasteiger partial charge in [0.25, 0.3) is 10.0 Å². The van der Waals surface area contributed by atoms with Crippen molar-refractivity contribution in [2.75, 3.05) is 4.72 Å². The summed E-state index contributed by atoms with van der Waals surface area (Å²) in [5, 5.41) is 0.497. The summed E-state index contributed by atoms with van der Waals surface area (Å²) < 4.78 is 27.5. The average molecular weight is 362 g/mol. The highest BCUT2D eigenvalue weighted by molar-refractivity contribution is 9.10. The van der Waals surface area contributed by atoms with Gasteiger partial charge in [0.15, 0.2) is 0 Å². The van der Waals surface area contributed by atoms with Crippen molar-refractivity contribution in [3.63, 3.8) is 0 Å². The predicted octanol–water partition coefficient (Wildman–Crippen LogP) is 3.61. The maximum absolute atomic E-state index is 12.2. The second kappa shape index (κ2) is 5.48. The van der Waals surface area contributed by atoms with E-state index < -0.39 is 10.0 Å². The lowest BCUT2D eigenvalue weighted by Gasteiger charge is -2.10. The van der Waals surface area contributed by atoms with Gasteiger partial charge in [-0.05, 0) is 58.7 Å². The van der Waals surface area contributed by atoms with Crippen LogP contribution < -0.4 is 4.72 Å². The Kier molecular flexibility index (Phi) is 4.13. The van der Waals surface area contributed by atoms with Crippen LogP contribution in [0.2, 0.25) is 5.02 Å². The molecule has 0 bridgehead atoms. The van der Waals surface area contributed by atoms with Crippen molar-refractivity contribution in [3.05, 3.63) is 51.6 Å². The van der Waals surface area contributed by atoms with Crippen LogP contribution in [0.4, 0.5) is 5.82 Å². The van der Waals surface area contributed by atoms with E-state index >= 15 is 0 Å². The van der Waals surface area contributed by atoms with Crippen molar-refractivity contribution in [2.24, 2.45) is 0 Å². The fourth-order valence-corrected chi connectivity index (χ4v) is 3.37. The molecule has 4 nitrogen and oxygen atoms in total. The molecule has 0 saturated carbocycles. The monoisotopic (exact) mass is 360 g/mol. The van der Waals surface area contributed by atoms with Gasteiger partial charge < -0.3 is 0 Å². The number of sulfonamides is 1. The van der Waals surface area contributed by atoms with Crippen LogP contribution in [0.5, 0.6) is 0 Å². The van der Waals surface area contributed by atoms with Gasteiger partial charge in [0.05, 0.1) is 4.90 Å². The van der Waals surface area contributed by atoms with E-state index in [9.17, 15) is 8.42 Å². The summed E-state index contributed by atoms with van der Waals surface area (Å²) in [6.07, 6.45) is 0. The zero-order valence-corrected chi connectivity index (χ0v) is 13.1. The zero-order valence-electron chi connectivity index (χ0n) is 9.89. The van der Waals surface area contributed by atoms with E-state index in [1.54, 1.807) is 31.2 Å². The molecule has 0 unspecified atom stereocenters. The van der Waals surface area contributed by atoms with Crippen LogP contribution in [0, 0.1) is 6.92 Å². The van der Waals surface area contributed by atoms with Gasteiger partial charge >= 0.3 is 0 Å². The van der Waals surface area contributed by atoms with Crippen molar-refractivity contribution in [2.45, 2.75) is 11.8 Å². The lowest BCUT2D eigenvalue weighted by Crippen LogP contribution is -2.15. The van der Waals surface area contributed by atoms with Crippen LogP contribution >= 0.6 is 27.5 Å². The molecule has 1 aromatic carbocycles. The fraction of sp³-hybridized carbons (Fsp3) is 0.0833. The van der Waals surface area contributed by atoms with Crippen molar-refractivity contribution in [1.29, 1.82) is 0 Å². The normalized spacial score (nSPS) is 11.3. The molecular formula is C12H10BrClN2O2S. The molecule has 0 saturated heterocycles. The topological polar surface area (TPSA) is 59.1 Å². The predicted molar refractivity (Wildman–Crippen MR) is 78.9 cm³/mol. The van der Waals surface area contributed by atoms with Crippen molar-refractivity contribution in [3.8, 4) is 0 Å². The number of pyridine rings is 1. The number of rotatable bonds is 3. The highest BCUT2D eigenvalue weighted by Gasteiger charge is 2.17. The molecule has 0 spiro atoms. The Balaban J connectivity index is 2.38. The van der Waals surface area contributed by atoms with Crippen molar-refractivity contribution >= 4 is 43.4 Å². The van der Waals surface area contributed by atoms with E-state index in [0.717, 1.165) is 0 Å². The third kappa shape index (κ3) is 3.46. The van der Waals surface area contributed by atoms with E-state index in [-0.39, 0.29) is 10.7 Å². The number of halogens is 2. The van der Waals surface area contributed by atoms with Crippen LogP contribution in [0.1, 0.15) is 5.56 Å².